The summed E-state index contributed by atoms with van der Waals surface area (Å²) in [6.07, 6.45) is 2.19. The van der Waals surface area contributed by atoms with Gasteiger partial charge in [-0.3, -0.25) is 14.7 Å². The lowest BCUT2D eigenvalue weighted by Crippen LogP contribution is -2.48. The first kappa shape index (κ1) is 26.4. The normalized spacial score (nSPS) is 15.5. The molecule has 2 aromatic heterocycles. The lowest BCUT2D eigenvalue weighted by molar-refractivity contribution is -0.136. The van der Waals surface area contributed by atoms with Crippen LogP contribution in [-0.2, 0) is 4.79 Å². The van der Waals surface area contributed by atoms with E-state index in [9.17, 15) is 4.79 Å². The molecule has 0 radical (unpaired) electrons. The number of H-pyrrole nitrogens is 1. The molecule has 1 fully saturated rings. The topological polar surface area (TPSA) is 52.2 Å². The number of hydrogen-bond donors (Lipinski definition) is 1. The van der Waals surface area contributed by atoms with Gasteiger partial charge in [0.25, 0.3) is 0 Å². The molecule has 1 saturated heterocycles. The van der Waals surface area contributed by atoms with Crippen LogP contribution >= 0.6 is 0 Å². The van der Waals surface area contributed by atoms with Crippen LogP contribution in [0.15, 0.2) is 30.3 Å². The molecule has 4 rings (SSSR count). The van der Waals surface area contributed by atoms with Crippen LogP contribution < -0.4 is 0 Å². The smallest absolute Gasteiger partial charge is 0.237 e. The molecule has 1 aliphatic heterocycles. The van der Waals surface area contributed by atoms with Gasteiger partial charge in [0.2, 0.25) is 5.91 Å². The van der Waals surface area contributed by atoms with E-state index in [1.807, 2.05) is 4.90 Å². The molecule has 0 saturated carbocycles. The summed E-state index contributed by atoms with van der Waals surface area (Å²) >= 11 is 0. The number of benzene rings is 1. The summed E-state index contributed by atoms with van der Waals surface area (Å²) in [6, 6.07) is 11.8. The number of fused-ring (bicyclic) bond motifs is 1. The molecular formula is C31H44N4O. The van der Waals surface area contributed by atoms with Crippen molar-refractivity contribution >= 4 is 16.8 Å². The van der Waals surface area contributed by atoms with Crippen molar-refractivity contribution in [2.24, 2.45) is 0 Å². The fraction of sp³-hybridized carbons (Fsp3) is 0.548. The quantitative estimate of drug-likeness (QED) is 0.398. The minimum atomic E-state index is 0.239. The maximum Gasteiger partial charge on any atom is 0.237 e. The van der Waals surface area contributed by atoms with E-state index in [2.05, 4.69) is 101 Å². The van der Waals surface area contributed by atoms with Crippen molar-refractivity contribution in [2.45, 2.75) is 92.2 Å². The summed E-state index contributed by atoms with van der Waals surface area (Å²) in [7, 11) is 0. The molecule has 0 unspecified atom stereocenters. The van der Waals surface area contributed by atoms with Gasteiger partial charge in [-0.1, -0.05) is 19.9 Å². The second-order valence-electron chi connectivity index (χ2n) is 11.6. The minimum Gasteiger partial charge on any atom is -0.354 e. The van der Waals surface area contributed by atoms with E-state index in [0.717, 1.165) is 37.3 Å². The molecule has 0 bridgehead atoms. The van der Waals surface area contributed by atoms with Gasteiger partial charge in [-0.2, -0.15) is 0 Å². The Morgan fingerprint density at radius 1 is 1.00 bits per heavy atom. The fourth-order valence-electron chi connectivity index (χ4n) is 6.16. The number of nitrogens with zero attached hydrogens (tertiary/aromatic N) is 3. The lowest BCUT2D eigenvalue weighted by atomic mass is 9.87. The largest absolute Gasteiger partial charge is 0.354 e. The first-order chi connectivity index (χ1) is 17.0. The number of nitrogens with one attached hydrogen (secondary N) is 1. The van der Waals surface area contributed by atoms with Crippen LogP contribution in [0.3, 0.4) is 0 Å². The number of carbonyl (C=O) groups is 1. The zero-order chi connectivity index (χ0) is 26.1. The van der Waals surface area contributed by atoms with Crippen LogP contribution in [0.4, 0.5) is 0 Å². The summed E-state index contributed by atoms with van der Waals surface area (Å²) in [5.41, 5.74) is 8.56. The van der Waals surface area contributed by atoms with E-state index in [1.165, 1.54) is 33.3 Å². The van der Waals surface area contributed by atoms with Crippen molar-refractivity contribution in [1.29, 1.82) is 0 Å². The summed E-state index contributed by atoms with van der Waals surface area (Å²) in [5, 5.41) is 1.34. The number of amides is 1. The average Bonchev–Trinajstić information content (AvgIpc) is 3.17. The molecule has 3 heterocycles. The molecular weight excluding hydrogens is 444 g/mol. The number of pyridine rings is 1. The predicted molar refractivity (Wildman–Crippen MR) is 151 cm³/mol. The molecule has 36 heavy (non-hydrogen) atoms. The van der Waals surface area contributed by atoms with Crippen LogP contribution in [-0.4, -0.2) is 57.4 Å². The Labute approximate surface area is 217 Å². The zero-order valence-electron chi connectivity index (χ0n) is 23.5. The number of carbonyl (C=O) groups excluding carboxylic acids is 1. The van der Waals surface area contributed by atoms with Crippen LogP contribution in [0.5, 0.6) is 0 Å². The van der Waals surface area contributed by atoms with Crippen LogP contribution in [0.2, 0.25) is 0 Å². The van der Waals surface area contributed by atoms with Crippen molar-refractivity contribution in [3.05, 3.63) is 52.8 Å². The van der Waals surface area contributed by atoms with Crippen molar-refractivity contribution in [2.75, 3.05) is 19.6 Å². The van der Waals surface area contributed by atoms with Gasteiger partial charge >= 0.3 is 0 Å². The molecule has 3 aromatic rings. The molecule has 194 valence electrons. The zero-order valence-corrected chi connectivity index (χ0v) is 23.5. The Hall–Kier alpha value is -2.66. The molecule has 1 N–H and O–H groups in total. The molecule has 0 spiro atoms. The second-order valence-corrected chi connectivity index (χ2v) is 11.6. The van der Waals surface area contributed by atoms with Crippen molar-refractivity contribution < 1.29 is 4.79 Å². The number of aromatic amines is 1. The van der Waals surface area contributed by atoms with Gasteiger partial charge in [0.15, 0.2) is 0 Å². The number of aromatic nitrogens is 2. The third-order valence-electron chi connectivity index (χ3n) is 7.63. The number of aryl methyl sites for hydroxylation is 2. The predicted octanol–water partition coefficient (Wildman–Crippen LogP) is 6.79. The Bertz CT molecular complexity index is 1190. The maximum absolute atomic E-state index is 12.9. The standard InChI is InChI=1S/C31H44N4O/c1-19(2)30-27-17-25(9-10-28(27)33-31(30)26-15-22(7)32-23(8)16-26)24-11-13-34(14-12-24)18-29(36)35(20(3)4)21(5)6/h9-10,15-17,19-21,24,33H,11-14,18H2,1-8H3. The summed E-state index contributed by atoms with van der Waals surface area (Å²) in [4.78, 5) is 25.6. The van der Waals surface area contributed by atoms with Gasteiger partial charge in [-0.15, -0.1) is 0 Å². The molecule has 5 heteroatoms. The van der Waals surface area contributed by atoms with E-state index in [0.29, 0.717) is 18.4 Å². The van der Waals surface area contributed by atoms with E-state index < -0.39 is 0 Å². The van der Waals surface area contributed by atoms with Gasteiger partial charge in [0, 0.05) is 39.9 Å². The van der Waals surface area contributed by atoms with E-state index in [-0.39, 0.29) is 18.0 Å². The fourth-order valence-corrected chi connectivity index (χ4v) is 6.16. The van der Waals surface area contributed by atoms with Crippen molar-refractivity contribution in [3.63, 3.8) is 0 Å². The molecule has 0 atom stereocenters. The van der Waals surface area contributed by atoms with Crippen LogP contribution in [0, 0.1) is 13.8 Å². The lowest BCUT2D eigenvalue weighted by Gasteiger charge is -2.36. The SMILES string of the molecule is Cc1cc(-c2[nH]c3ccc(C4CCN(CC(=O)N(C(C)C)C(C)C)CC4)cc3c2C(C)C)cc(C)n1. The highest BCUT2D eigenvalue weighted by atomic mass is 16.2. The Morgan fingerprint density at radius 3 is 2.17 bits per heavy atom. The first-order valence-corrected chi connectivity index (χ1v) is 13.7. The first-order valence-electron chi connectivity index (χ1n) is 13.7. The second kappa shape index (κ2) is 10.8. The van der Waals surface area contributed by atoms with Crippen molar-refractivity contribution in [3.8, 4) is 11.3 Å². The highest BCUT2D eigenvalue weighted by Crippen LogP contribution is 2.38. The number of piperidine rings is 1. The van der Waals surface area contributed by atoms with Crippen molar-refractivity contribution in [1.82, 2.24) is 19.8 Å². The van der Waals surface area contributed by atoms with Gasteiger partial charge < -0.3 is 9.88 Å². The maximum atomic E-state index is 12.9. The molecule has 1 aromatic carbocycles. The minimum absolute atomic E-state index is 0.239. The van der Waals surface area contributed by atoms with E-state index in [4.69, 9.17) is 0 Å². The molecule has 1 aliphatic rings. The highest BCUT2D eigenvalue weighted by molar-refractivity contribution is 5.92. The summed E-state index contributed by atoms with van der Waals surface area (Å²) in [5.74, 6) is 1.20. The van der Waals surface area contributed by atoms with Gasteiger partial charge in [-0.25, -0.2) is 0 Å². The average molecular weight is 489 g/mol. The number of likely N-dealkylation sites (tertiary alicyclic amines) is 1. The monoisotopic (exact) mass is 488 g/mol. The molecule has 0 aliphatic carbocycles. The highest BCUT2D eigenvalue weighted by Gasteiger charge is 2.27. The van der Waals surface area contributed by atoms with Crippen LogP contribution in [0.25, 0.3) is 22.2 Å². The molecule has 5 nitrogen and oxygen atoms in total. The Balaban J connectivity index is 1.53. The third-order valence-corrected chi connectivity index (χ3v) is 7.63. The Kier molecular flexibility index (Phi) is 7.89. The third kappa shape index (κ3) is 5.51. The molecule has 1 amide bonds. The number of hydrogen-bond acceptors (Lipinski definition) is 3. The number of rotatable bonds is 7. The van der Waals surface area contributed by atoms with E-state index >= 15 is 0 Å². The van der Waals surface area contributed by atoms with Gasteiger partial charge in [0.1, 0.15) is 0 Å². The van der Waals surface area contributed by atoms with Gasteiger partial charge in [0.05, 0.1) is 12.2 Å². The summed E-state index contributed by atoms with van der Waals surface area (Å²) in [6.45, 7) is 19.6. The summed E-state index contributed by atoms with van der Waals surface area (Å²) < 4.78 is 0. The van der Waals surface area contributed by atoms with Gasteiger partial charge in [-0.05, 0) is 115 Å². The van der Waals surface area contributed by atoms with E-state index in [1.54, 1.807) is 0 Å². The van der Waals surface area contributed by atoms with Crippen LogP contribution in [0.1, 0.15) is 88.7 Å². The Morgan fingerprint density at radius 2 is 1.61 bits per heavy atom.